The number of carbonyl (C=O) groups is 2. The molecule has 1 N–H and O–H groups in total. The molecule has 0 spiro atoms. The summed E-state index contributed by atoms with van der Waals surface area (Å²) in [7, 11) is 3.00. The Labute approximate surface area is 134 Å². The van der Waals surface area contributed by atoms with Gasteiger partial charge in [-0.05, 0) is 24.1 Å². The molecular formula is C16H19ClN2O3. The highest BCUT2D eigenvalue weighted by Crippen LogP contribution is 2.33. The second-order valence-electron chi connectivity index (χ2n) is 5.10. The van der Waals surface area contributed by atoms with Gasteiger partial charge in [0.15, 0.2) is 0 Å². The largest absolute Gasteiger partial charge is 0.466 e. The number of rotatable bonds is 4. The summed E-state index contributed by atoms with van der Waals surface area (Å²) in [6.07, 6.45) is 1.44. The van der Waals surface area contributed by atoms with Gasteiger partial charge in [-0.2, -0.15) is 0 Å². The lowest BCUT2D eigenvalue weighted by atomic mass is 9.93. The van der Waals surface area contributed by atoms with Gasteiger partial charge in [-0.1, -0.05) is 37.1 Å². The van der Waals surface area contributed by atoms with E-state index in [1.54, 1.807) is 31.3 Å². The Morgan fingerprint density at radius 2 is 2.00 bits per heavy atom. The van der Waals surface area contributed by atoms with Gasteiger partial charge in [0.1, 0.15) is 0 Å². The zero-order chi connectivity index (χ0) is 16.3. The molecule has 1 unspecified atom stereocenters. The topological polar surface area (TPSA) is 58.6 Å². The molecule has 1 heterocycles. The number of nitrogens with zero attached hydrogens (tertiary/aromatic N) is 1. The zero-order valence-corrected chi connectivity index (χ0v) is 13.6. The Hall–Kier alpha value is -2.01. The third kappa shape index (κ3) is 3.09. The maximum Gasteiger partial charge on any atom is 0.337 e. The van der Waals surface area contributed by atoms with Crippen LogP contribution in [0.3, 0.4) is 0 Å². The minimum absolute atomic E-state index is 0.240. The summed E-state index contributed by atoms with van der Waals surface area (Å²) in [6.45, 7) is 2.00. The third-order valence-corrected chi connectivity index (χ3v) is 3.92. The highest BCUT2D eigenvalue weighted by atomic mass is 35.5. The minimum atomic E-state index is -0.532. The second kappa shape index (κ2) is 6.83. The molecule has 0 aliphatic carbocycles. The van der Waals surface area contributed by atoms with E-state index >= 15 is 0 Å². The molecule has 2 rings (SSSR count). The van der Waals surface area contributed by atoms with Crippen molar-refractivity contribution < 1.29 is 14.3 Å². The predicted octanol–water partition coefficient (Wildman–Crippen LogP) is 3.26. The van der Waals surface area contributed by atoms with Gasteiger partial charge in [0, 0.05) is 17.8 Å². The molecule has 0 fully saturated rings. The van der Waals surface area contributed by atoms with E-state index in [9.17, 15) is 9.59 Å². The van der Waals surface area contributed by atoms with Gasteiger partial charge in [0.2, 0.25) is 0 Å². The molecule has 1 aliphatic rings. The number of carbonyl (C=O) groups excluding carboxylic acids is 2. The average molecular weight is 323 g/mol. The first-order chi connectivity index (χ1) is 10.5. The smallest absolute Gasteiger partial charge is 0.337 e. The van der Waals surface area contributed by atoms with E-state index < -0.39 is 12.0 Å². The predicted molar refractivity (Wildman–Crippen MR) is 84.4 cm³/mol. The van der Waals surface area contributed by atoms with Crippen molar-refractivity contribution in [1.29, 1.82) is 0 Å². The van der Waals surface area contributed by atoms with E-state index in [-0.39, 0.29) is 6.03 Å². The Balaban J connectivity index is 2.56. The Morgan fingerprint density at radius 1 is 1.36 bits per heavy atom. The SMILES string of the molecule is CCCC1=C(C(=O)OC)C(c2ccc(Cl)cc2)NC(=O)N1C. The second-order valence-corrected chi connectivity index (χ2v) is 5.53. The number of methoxy groups -OCH3 is 1. The highest BCUT2D eigenvalue weighted by Gasteiger charge is 2.35. The lowest BCUT2D eigenvalue weighted by Crippen LogP contribution is -2.46. The van der Waals surface area contributed by atoms with Gasteiger partial charge in [0.05, 0.1) is 18.7 Å². The first kappa shape index (κ1) is 16.4. The summed E-state index contributed by atoms with van der Waals surface area (Å²) in [5.74, 6) is -0.435. The molecule has 22 heavy (non-hydrogen) atoms. The molecule has 5 nitrogen and oxygen atoms in total. The lowest BCUT2D eigenvalue weighted by molar-refractivity contribution is -0.136. The number of allylic oxidation sites excluding steroid dienone is 1. The number of nitrogens with one attached hydrogen (secondary N) is 1. The number of urea groups is 1. The van der Waals surface area contributed by atoms with Crippen molar-refractivity contribution in [1.82, 2.24) is 10.2 Å². The molecule has 1 aromatic rings. The summed E-state index contributed by atoms with van der Waals surface area (Å²) in [5, 5.41) is 3.44. The standard InChI is InChI=1S/C16H19ClN2O3/c1-4-5-12-13(15(20)22-3)14(18-16(21)19(12)2)10-6-8-11(17)9-7-10/h6-9,14H,4-5H2,1-3H3,(H,18,21). The van der Waals surface area contributed by atoms with Gasteiger partial charge in [-0.15, -0.1) is 0 Å². The van der Waals surface area contributed by atoms with Gasteiger partial charge >= 0.3 is 12.0 Å². The van der Waals surface area contributed by atoms with Crippen LogP contribution < -0.4 is 5.32 Å². The zero-order valence-electron chi connectivity index (χ0n) is 12.9. The first-order valence-corrected chi connectivity index (χ1v) is 7.48. The van der Waals surface area contributed by atoms with E-state index in [1.165, 1.54) is 12.0 Å². The van der Waals surface area contributed by atoms with Crippen LogP contribution in [0, 0.1) is 0 Å². The molecule has 1 aromatic carbocycles. The number of hydrogen-bond acceptors (Lipinski definition) is 3. The quantitative estimate of drug-likeness (QED) is 0.866. The van der Waals surface area contributed by atoms with Crippen molar-refractivity contribution in [3.05, 3.63) is 46.1 Å². The van der Waals surface area contributed by atoms with Gasteiger partial charge < -0.3 is 15.0 Å². The van der Waals surface area contributed by atoms with E-state index in [4.69, 9.17) is 16.3 Å². The van der Waals surface area contributed by atoms with Crippen LogP contribution >= 0.6 is 11.6 Å². The Kier molecular flexibility index (Phi) is 5.08. The molecule has 1 atom stereocenters. The van der Waals surface area contributed by atoms with E-state index in [1.807, 2.05) is 6.92 Å². The Bertz CT molecular complexity index is 610. The van der Waals surface area contributed by atoms with Crippen LogP contribution in [-0.2, 0) is 9.53 Å². The van der Waals surface area contributed by atoms with E-state index in [2.05, 4.69) is 5.32 Å². The number of ether oxygens (including phenoxy) is 1. The third-order valence-electron chi connectivity index (χ3n) is 3.67. The molecule has 6 heteroatoms. The summed E-state index contributed by atoms with van der Waals surface area (Å²) >= 11 is 5.91. The summed E-state index contributed by atoms with van der Waals surface area (Å²) in [4.78, 5) is 25.9. The molecule has 0 saturated heterocycles. The number of benzene rings is 1. The van der Waals surface area contributed by atoms with Crippen LogP contribution in [0.2, 0.25) is 5.02 Å². The first-order valence-electron chi connectivity index (χ1n) is 7.10. The average Bonchev–Trinajstić information content (AvgIpc) is 2.52. The fourth-order valence-electron chi connectivity index (χ4n) is 2.55. The maximum atomic E-state index is 12.3. The molecule has 1 aliphatic heterocycles. The van der Waals surface area contributed by atoms with Gasteiger partial charge in [0.25, 0.3) is 0 Å². The van der Waals surface area contributed by atoms with E-state index in [0.29, 0.717) is 22.7 Å². The number of hydrogen-bond donors (Lipinski definition) is 1. The number of halogens is 1. The lowest BCUT2D eigenvalue weighted by Gasteiger charge is -2.34. The van der Waals surface area contributed by atoms with Crippen molar-refractivity contribution in [2.24, 2.45) is 0 Å². The van der Waals surface area contributed by atoms with Crippen LogP contribution in [-0.4, -0.2) is 31.1 Å². The highest BCUT2D eigenvalue weighted by molar-refractivity contribution is 6.30. The normalized spacial score (nSPS) is 18.3. The molecule has 0 bridgehead atoms. The van der Waals surface area contributed by atoms with Crippen molar-refractivity contribution in [3.8, 4) is 0 Å². The molecule has 0 aromatic heterocycles. The number of amides is 2. The molecule has 2 amide bonds. The van der Waals surface area contributed by atoms with Gasteiger partial charge in [-0.3, -0.25) is 0 Å². The van der Waals surface area contributed by atoms with Crippen molar-refractivity contribution >= 4 is 23.6 Å². The van der Waals surface area contributed by atoms with Crippen LogP contribution in [0.25, 0.3) is 0 Å². The van der Waals surface area contributed by atoms with Crippen LogP contribution in [0.5, 0.6) is 0 Å². The fraction of sp³-hybridized carbons (Fsp3) is 0.375. The molecule has 0 radical (unpaired) electrons. The monoisotopic (exact) mass is 322 g/mol. The summed E-state index contributed by atoms with van der Waals surface area (Å²) in [5.41, 5.74) is 1.95. The van der Waals surface area contributed by atoms with Crippen LogP contribution in [0.15, 0.2) is 35.5 Å². The maximum absolute atomic E-state index is 12.3. The fourth-order valence-corrected chi connectivity index (χ4v) is 2.68. The van der Waals surface area contributed by atoms with Crippen molar-refractivity contribution in [3.63, 3.8) is 0 Å². The molecule has 118 valence electrons. The number of esters is 1. The molecule has 0 saturated carbocycles. The summed E-state index contributed by atoms with van der Waals surface area (Å²) in [6, 6.07) is 6.29. The minimum Gasteiger partial charge on any atom is -0.466 e. The Morgan fingerprint density at radius 3 is 2.55 bits per heavy atom. The van der Waals surface area contributed by atoms with Crippen molar-refractivity contribution in [2.45, 2.75) is 25.8 Å². The van der Waals surface area contributed by atoms with E-state index in [0.717, 1.165) is 12.0 Å². The van der Waals surface area contributed by atoms with Crippen LogP contribution in [0.1, 0.15) is 31.4 Å². The van der Waals surface area contributed by atoms with Crippen molar-refractivity contribution in [2.75, 3.05) is 14.2 Å². The van der Waals surface area contributed by atoms with Gasteiger partial charge in [-0.25, -0.2) is 9.59 Å². The van der Waals surface area contributed by atoms with Crippen LogP contribution in [0.4, 0.5) is 4.79 Å². The summed E-state index contributed by atoms with van der Waals surface area (Å²) < 4.78 is 4.92. The molecular weight excluding hydrogens is 304 g/mol.